The molecule has 2 aliphatic heterocycles. The summed E-state index contributed by atoms with van der Waals surface area (Å²) in [6.45, 7) is 3.81. The summed E-state index contributed by atoms with van der Waals surface area (Å²) in [5.74, 6) is 4.26. The van der Waals surface area contributed by atoms with Crippen molar-refractivity contribution in [3.05, 3.63) is 35.3 Å². The van der Waals surface area contributed by atoms with Crippen molar-refractivity contribution in [2.75, 3.05) is 19.7 Å². The lowest BCUT2D eigenvalue weighted by Gasteiger charge is -2.31. The summed E-state index contributed by atoms with van der Waals surface area (Å²) in [4.78, 5) is 2.47. The van der Waals surface area contributed by atoms with Crippen molar-refractivity contribution in [2.45, 2.75) is 57.8 Å². The minimum atomic E-state index is -0.0566. The van der Waals surface area contributed by atoms with Crippen LogP contribution in [0.15, 0.2) is 16.5 Å². The zero-order valence-electron chi connectivity index (χ0n) is 16.1. The zero-order valence-corrected chi connectivity index (χ0v) is 16.1. The van der Waals surface area contributed by atoms with E-state index < -0.39 is 0 Å². The quantitative estimate of drug-likeness (QED) is 0.838. The first-order valence-corrected chi connectivity index (χ1v) is 10.1. The van der Waals surface area contributed by atoms with Gasteiger partial charge in [0.05, 0.1) is 6.54 Å². The molecule has 2 aromatic heterocycles. The SMILES string of the molecule is Cn1c(CO)nnc1CC1CCN(Cc2ccc(C3CCCCO3)o2)CC1. The monoisotopic (exact) mass is 374 g/mol. The van der Waals surface area contributed by atoms with E-state index in [4.69, 9.17) is 9.15 Å². The van der Waals surface area contributed by atoms with Crippen LogP contribution in [0, 0.1) is 5.92 Å². The van der Waals surface area contributed by atoms with Crippen LogP contribution < -0.4 is 0 Å². The van der Waals surface area contributed by atoms with Gasteiger partial charge >= 0.3 is 0 Å². The number of nitrogens with zero attached hydrogens (tertiary/aromatic N) is 4. The van der Waals surface area contributed by atoms with E-state index in [0.717, 1.165) is 75.7 Å². The molecule has 2 aromatic rings. The van der Waals surface area contributed by atoms with Crippen LogP contribution >= 0.6 is 0 Å². The molecule has 0 saturated carbocycles. The highest BCUT2D eigenvalue weighted by molar-refractivity contribution is 5.10. The highest BCUT2D eigenvalue weighted by Crippen LogP contribution is 2.30. The van der Waals surface area contributed by atoms with E-state index in [1.807, 2.05) is 11.6 Å². The van der Waals surface area contributed by atoms with Gasteiger partial charge in [-0.05, 0) is 63.2 Å². The molecule has 2 aliphatic rings. The van der Waals surface area contributed by atoms with E-state index >= 15 is 0 Å². The molecule has 0 amide bonds. The number of aromatic nitrogens is 3. The van der Waals surface area contributed by atoms with Crippen LogP contribution in [0.4, 0.5) is 0 Å². The molecule has 0 bridgehead atoms. The number of hydrogen-bond donors (Lipinski definition) is 1. The average molecular weight is 374 g/mol. The van der Waals surface area contributed by atoms with Crippen molar-refractivity contribution in [1.82, 2.24) is 19.7 Å². The van der Waals surface area contributed by atoms with Gasteiger partial charge in [0, 0.05) is 20.1 Å². The molecular weight excluding hydrogens is 344 g/mol. The summed E-state index contributed by atoms with van der Waals surface area (Å²) in [7, 11) is 1.93. The van der Waals surface area contributed by atoms with Gasteiger partial charge in [-0.1, -0.05) is 0 Å². The van der Waals surface area contributed by atoms with Crippen molar-refractivity contribution < 1.29 is 14.3 Å². The molecule has 2 saturated heterocycles. The summed E-state index contributed by atoms with van der Waals surface area (Å²) in [6, 6.07) is 4.19. The smallest absolute Gasteiger partial charge is 0.158 e. The van der Waals surface area contributed by atoms with Crippen LogP contribution in [0.25, 0.3) is 0 Å². The minimum absolute atomic E-state index is 0.0566. The normalized spacial score (nSPS) is 22.4. The predicted octanol–water partition coefficient (Wildman–Crippen LogP) is 2.60. The molecule has 0 spiro atoms. The molecule has 2 fully saturated rings. The number of hydrogen-bond acceptors (Lipinski definition) is 6. The fourth-order valence-corrected chi connectivity index (χ4v) is 4.16. The summed E-state index contributed by atoms with van der Waals surface area (Å²) in [5.41, 5.74) is 0. The number of likely N-dealkylation sites (tertiary alicyclic amines) is 1. The summed E-state index contributed by atoms with van der Waals surface area (Å²) in [6.07, 6.45) is 6.84. The summed E-state index contributed by atoms with van der Waals surface area (Å²) < 4.78 is 13.8. The lowest BCUT2D eigenvalue weighted by atomic mass is 9.93. The van der Waals surface area contributed by atoms with Gasteiger partial charge in [0.15, 0.2) is 5.82 Å². The number of aliphatic hydroxyl groups excluding tert-OH is 1. The van der Waals surface area contributed by atoms with Gasteiger partial charge in [-0.2, -0.15) is 0 Å². The molecule has 0 aromatic carbocycles. The number of rotatable bonds is 6. The lowest BCUT2D eigenvalue weighted by Crippen LogP contribution is -2.34. The largest absolute Gasteiger partial charge is 0.462 e. The predicted molar refractivity (Wildman–Crippen MR) is 99.9 cm³/mol. The maximum absolute atomic E-state index is 9.25. The molecule has 1 N–H and O–H groups in total. The molecule has 1 atom stereocenters. The lowest BCUT2D eigenvalue weighted by molar-refractivity contribution is 0.000725. The third-order valence-corrected chi connectivity index (χ3v) is 5.93. The first-order chi connectivity index (χ1) is 13.2. The van der Waals surface area contributed by atoms with Crippen LogP contribution in [0.3, 0.4) is 0 Å². The average Bonchev–Trinajstić information content (AvgIpc) is 3.31. The summed E-state index contributed by atoms with van der Waals surface area (Å²) in [5, 5.41) is 17.5. The van der Waals surface area contributed by atoms with E-state index in [1.54, 1.807) is 0 Å². The Hall–Kier alpha value is -1.70. The first-order valence-electron chi connectivity index (χ1n) is 10.1. The Morgan fingerprint density at radius 2 is 1.93 bits per heavy atom. The van der Waals surface area contributed by atoms with Gasteiger partial charge in [0.25, 0.3) is 0 Å². The second kappa shape index (κ2) is 8.54. The van der Waals surface area contributed by atoms with Crippen LogP contribution in [0.1, 0.15) is 61.4 Å². The molecule has 4 rings (SSSR count). The number of furan rings is 1. The molecule has 4 heterocycles. The van der Waals surface area contributed by atoms with E-state index in [-0.39, 0.29) is 12.7 Å². The van der Waals surface area contributed by atoms with E-state index in [1.165, 1.54) is 6.42 Å². The standard InChI is InChI=1S/C20H30N4O3/c1-23-19(21-22-20(23)14-25)12-15-7-9-24(10-8-15)13-16-5-6-18(27-16)17-4-2-3-11-26-17/h5-6,15,17,25H,2-4,7-14H2,1H3. The Balaban J connectivity index is 1.26. The molecule has 1 unspecified atom stereocenters. The zero-order chi connectivity index (χ0) is 18.6. The Bertz CT molecular complexity index is 727. The second-order valence-electron chi connectivity index (χ2n) is 7.83. The molecule has 0 radical (unpaired) electrons. The Morgan fingerprint density at radius 3 is 2.63 bits per heavy atom. The Labute approximate surface area is 160 Å². The maximum Gasteiger partial charge on any atom is 0.158 e. The highest BCUT2D eigenvalue weighted by Gasteiger charge is 2.24. The van der Waals surface area contributed by atoms with Crippen molar-refractivity contribution >= 4 is 0 Å². The van der Waals surface area contributed by atoms with E-state index in [0.29, 0.717) is 11.7 Å². The molecule has 148 valence electrons. The van der Waals surface area contributed by atoms with Crippen molar-refractivity contribution in [1.29, 1.82) is 0 Å². The van der Waals surface area contributed by atoms with Gasteiger partial charge in [-0.25, -0.2) is 0 Å². The summed E-state index contributed by atoms with van der Waals surface area (Å²) >= 11 is 0. The van der Waals surface area contributed by atoms with Gasteiger partial charge < -0.3 is 18.8 Å². The molecular formula is C20H30N4O3. The van der Waals surface area contributed by atoms with E-state index in [2.05, 4.69) is 27.2 Å². The molecule has 27 heavy (non-hydrogen) atoms. The maximum atomic E-state index is 9.25. The number of ether oxygens (including phenoxy) is 1. The van der Waals surface area contributed by atoms with Crippen LogP contribution in [0.2, 0.25) is 0 Å². The van der Waals surface area contributed by atoms with E-state index in [9.17, 15) is 5.11 Å². The molecule has 7 heteroatoms. The molecule has 0 aliphatic carbocycles. The highest BCUT2D eigenvalue weighted by atomic mass is 16.5. The fraction of sp³-hybridized carbons (Fsp3) is 0.700. The van der Waals surface area contributed by atoms with Gasteiger partial charge in [0.2, 0.25) is 0 Å². The Morgan fingerprint density at radius 1 is 1.11 bits per heavy atom. The molecule has 7 nitrogen and oxygen atoms in total. The minimum Gasteiger partial charge on any atom is -0.462 e. The van der Waals surface area contributed by atoms with Crippen LogP contribution in [-0.2, 0) is 31.4 Å². The van der Waals surface area contributed by atoms with Gasteiger partial charge in [0.1, 0.15) is 30.1 Å². The van der Waals surface area contributed by atoms with Gasteiger partial charge in [-0.15, -0.1) is 10.2 Å². The topological polar surface area (TPSA) is 76.5 Å². The number of piperidine rings is 1. The van der Waals surface area contributed by atoms with Gasteiger partial charge in [-0.3, -0.25) is 4.90 Å². The first kappa shape index (κ1) is 18.7. The number of aliphatic hydroxyl groups is 1. The second-order valence-corrected chi connectivity index (χ2v) is 7.83. The van der Waals surface area contributed by atoms with Crippen LogP contribution in [-0.4, -0.2) is 44.5 Å². The van der Waals surface area contributed by atoms with Crippen molar-refractivity contribution in [2.24, 2.45) is 13.0 Å². The van der Waals surface area contributed by atoms with Crippen molar-refractivity contribution in [3.8, 4) is 0 Å². The third kappa shape index (κ3) is 4.42. The fourth-order valence-electron chi connectivity index (χ4n) is 4.16. The van der Waals surface area contributed by atoms with Crippen LogP contribution in [0.5, 0.6) is 0 Å². The third-order valence-electron chi connectivity index (χ3n) is 5.93. The van der Waals surface area contributed by atoms with Crippen molar-refractivity contribution in [3.63, 3.8) is 0 Å². The Kier molecular flexibility index (Phi) is 5.90.